The van der Waals surface area contributed by atoms with Crippen LogP contribution in [0.1, 0.15) is 32.6 Å². The zero-order valence-electron chi connectivity index (χ0n) is 13.7. The third-order valence-electron chi connectivity index (χ3n) is 4.84. The number of aliphatic imine (C=N–C) groups is 1. The van der Waals surface area contributed by atoms with Crippen molar-refractivity contribution in [2.24, 2.45) is 16.6 Å². The summed E-state index contributed by atoms with van der Waals surface area (Å²) in [6.07, 6.45) is 7.23. The molecule has 0 spiro atoms. The molecular formula is C15H31IN4S. The predicted molar refractivity (Wildman–Crippen MR) is 105 cm³/mol. The third kappa shape index (κ3) is 5.46. The fraction of sp³-hybridized carbons (Fsp3) is 0.933. The molecule has 2 rings (SSSR count). The number of halogens is 1. The second kappa shape index (κ2) is 8.82. The molecule has 21 heavy (non-hydrogen) atoms. The molecule has 0 aromatic rings. The zero-order valence-corrected chi connectivity index (χ0v) is 16.8. The highest BCUT2D eigenvalue weighted by Gasteiger charge is 2.33. The number of hydrogen-bond donors (Lipinski definition) is 1. The Balaban J connectivity index is 0.00000220. The van der Waals surface area contributed by atoms with E-state index in [0.717, 1.165) is 31.5 Å². The molecule has 2 heterocycles. The molecule has 0 amide bonds. The van der Waals surface area contributed by atoms with Crippen LogP contribution >= 0.6 is 35.7 Å². The van der Waals surface area contributed by atoms with E-state index >= 15 is 0 Å². The van der Waals surface area contributed by atoms with Crippen LogP contribution in [0.15, 0.2) is 4.99 Å². The standard InChI is InChI=1S/C15H30N4S.HI/c1-13-5-4-8-19(11-13)14(16)17-12-15(20-3)6-9-18(2)10-7-15;/h13H,4-12H2,1-3H3,(H2,16,17);1H. The number of thioether (sulfide) groups is 1. The minimum atomic E-state index is 0. The molecule has 2 saturated heterocycles. The lowest BCUT2D eigenvalue weighted by molar-refractivity contribution is 0.240. The largest absolute Gasteiger partial charge is 0.370 e. The molecular weight excluding hydrogens is 395 g/mol. The molecule has 4 nitrogen and oxygen atoms in total. The highest BCUT2D eigenvalue weighted by atomic mass is 127. The summed E-state index contributed by atoms with van der Waals surface area (Å²) in [6, 6.07) is 0. The van der Waals surface area contributed by atoms with Crippen molar-refractivity contribution >= 4 is 41.7 Å². The van der Waals surface area contributed by atoms with E-state index in [1.54, 1.807) is 0 Å². The van der Waals surface area contributed by atoms with Crippen LogP contribution in [0, 0.1) is 5.92 Å². The minimum Gasteiger partial charge on any atom is -0.370 e. The van der Waals surface area contributed by atoms with Gasteiger partial charge in [0.05, 0.1) is 6.54 Å². The van der Waals surface area contributed by atoms with Gasteiger partial charge < -0.3 is 15.5 Å². The Labute approximate surface area is 151 Å². The Morgan fingerprint density at radius 1 is 1.33 bits per heavy atom. The normalized spacial score (nSPS) is 27.3. The zero-order chi connectivity index (χ0) is 14.6. The maximum absolute atomic E-state index is 6.22. The van der Waals surface area contributed by atoms with E-state index in [1.807, 2.05) is 11.8 Å². The molecule has 0 aliphatic carbocycles. The van der Waals surface area contributed by atoms with Gasteiger partial charge in [0.1, 0.15) is 0 Å². The number of piperidine rings is 2. The highest BCUT2D eigenvalue weighted by Crippen LogP contribution is 2.34. The van der Waals surface area contributed by atoms with E-state index in [1.165, 1.54) is 38.8 Å². The van der Waals surface area contributed by atoms with Gasteiger partial charge in [0, 0.05) is 17.8 Å². The van der Waals surface area contributed by atoms with Gasteiger partial charge in [0.2, 0.25) is 0 Å². The number of hydrogen-bond acceptors (Lipinski definition) is 3. The smallest absolute Gasteiger partial charge is 0.191 e. The van der Waals surface area contributed by atoms with Gasteiger partial charge in [-0.1, -0.05) is 6.92 Å². The van der Waals surface area contributed by atoms with E-state index < -0.39 is 0 Å². The molecule has 2 aliphatic rings. The summed E-state index contributed by atoms with van der Waals surface area (Å²) in [5, 5.41) is 0. The lowest BCUT2D eigenvalue weighted by Crippen LogP contribution is -2.46. The van der Waals surface area contributed by atoms with Gasteiger partial charge in [-0.2, -0.15) is 11.8 Å². The maximum Gasteiger partial charge on any atom is 0.191 e. The summed E-state index contributed by atoms with van der Waals surface area (Å²) < 4.78 is 0.304. The van der Waals surface area contributed by atoms with E-state index in [4.69, 9.17) is 10.7 Å². The monoisotopic (exact) mass is 426 g/mol. The van der Waals surface area contributed by atoms with Crippen LogP contribution in [0.4, 0.5) is 0 Å². The minimum absolute atomic E-state index is 0. The van der Waals surface area contributed by atoms with Crippen LogP contribution in [-0.2, 0) is 0 Å². The quantitative estimate of drug-likeness (QED) is 0.428. The van der Waals surface area contributed by atoms with Crippen molar-refractivity contribution in [3.8, 4) is 0 Å². The average Bonchev–Trinajstić information content (AvgIpc) is 2.47. The maximum atomic E-state index is 6.22. The summed E-state index contributed by atoms with van der Waals surface area (Å²) in [5.41, 5.74) is 6.22. The van der Waals surface area contributed by atoms with Gasteiger partial charge in [0.15, 0.2) is 5.96 Å². The summed E-state index contributed by atoms with van der Waals surface area (Å²) in [4.78, 5) is 9.44. The first-order valence-electron chi connectivity index (χ1n) is 7.83. The third-order valence-corrected chi connectivity index (χ3v) is 6.24. The van der Waals surface area contributed by atoms with Gasteiger partial charge >= 0.3 is 0 Å². The van der Waals surface area contributed by atoms with Gasteiger partial charge in [0.25, 0.3) is 0 Å². The van der Waals surface area contributed by atoms with Crippen LogP contribution in [0.25, 0.3) is 0 Å². The highest BCUT2D eigenvalue weighted by molar-refractivity contribution is 14.0. The molecule has 0 saturated carbocycles. The number of likely N-dealkylation sites (tertiary alicyclic amines) is 2. The SMILES string of the molecule is CSC1(CN=C(N)N2CCCC(C)C2)CCN(C)CC1.I. The summed E-state index contributed by atoms with van der Waals surface area (Å²) in [7, 11) is 2.21. The van der Waals surface area contributed by atoms with Crippen molar-refractivity contribution in [2.45, 2.75) is 37.4 Å². The molecule has 2 N–H and O–H groups in total. The molecule has 0 radical (unpaired) electrons. The predicted octanol–water partition coefficient (Wildman–Crippen LogP) is 2.48. The molecule has 1 unspecified atom stereocenters. The van der Waals surface area contributed by atoms with Crippen LogP contribution < -0.4 is 5.73 Å². The number of rotatable bonds is 3. The van der Waals surface area contributed by atoms with E-state index in [9.17, 15) is 0 Å². The van der Waals surface area contributed by atoms with Crippen LogP contribution in [0.5, 0.6) is 0 Å². The Bertz CT molecular complexity index is 343. The summed E-state index contributed by atoms with van der Waals surface area (Å²) in [6.45, 7) is 7.69. The van der Waals surface area contributed by atoms with Crippen molar-refractivity contribution in [2.75, 3.05) is 46.0 Å². The van der Waals surface area contributed by atoms with Crippen LogP contribution in [0.2, 0.25) is 0 Å². The molecule has 1 atom stereocenters. The van der Waals surface area contributed by atoms with Crippen molar-refractivity contribution in [3.05, 3.63) is 0 Å². The van der Waals surface area contributed by atoms with Crippen molar-refractivity contribution < 1.29 is 0 Å². The first kappa shape index (κ1) is 19.4. The first-order valence-corrected chi connectivity index (χ1v) is 9.06. The Hall–Kier alpha value is 0.310. The Morgan fingerprint density at radius 2 is 2.00 bits per heavy atom. The summed E-state index contributed by atoms with van der Waals surface area (Å²) in [5.74, 6) is 1.51. The van der Waals surface area contributed by atoms with Crippen molar-refractivity contribution in [1.82, 2.24) is 9.80 Å². The molecule has 0 bridgehead atoms. The average molecular weight is 426 g/mol. The van der Waals surface area contributed by atoms with Crippen LogP contribution in [-0.4, -0.2) is 66.5 Å². The lowest BCUT2D eigenvalue weighted by Gasteiger charge is -2.39. The van der Waals surface area contributed by atoms with Crippen LogP contribution in [0.3, 0.4) is 0 Å². The molecule has 0 aromatic carbocycles. The van der Waals surface area contributed by atoms with E-state index in [2.05, 4.69) is 30.0 Å². The number of guanidine groups is 1. The van der Waals surface area contributed by atoms with E-state index in [0.29, 0.717) is 4.75 Å². The second-order valence-corrected chi connectivity index (χ2v) is 7.83. The van der Waals surface area contributed by atoms with Crippen molar-refractivity contribution in [1.29, 1.82) is 0 Å². The number of nitrogens with two attached hydrogens (primary N) is 1. The molecule has 124 valence electrons. The van der Waals surface area contributed by atoms with Crippen molar-refractivity contribution in [3.63, 3.8) is 0 Å². The van der Waals surface area contributed by atoms with Gasteiger partial charge in [-0.15, -0.1) is 24.0 Å². The van der Waals surface area contributed by atoms with E-state index in [-0.39, 0.29) is 24.0 Å². The molecule has 2 fully saturated rings. The molecule has 6 heteroatoms. The van der Waals surface area contributed by atoms with Gasteiger partial charge in [-0.3, -0.25) is 4.99 Å². The summed E-state index contributed by atoms with van der Waals surface area (Å²) >= 11 is 1.98. The van der Waals surface area contributed by atoms with Gasteiger partial charge in [-0.05, 0) is 58.0 Å². The first-order chi connectivity index (χ1) is 9.54. The molecule has 2 aliphatic heterocycles. The Kier molecular flexibility index (Phi) is 8.13. The topological polar surface area (TPSA) is 44.9 Å². The Morgan fingerprint density at radius 3 is 2.57 bits per heavy atom. The number of nitrogens with zero attached hydrogens (tertiary/aromatic N) is 3. The fourth-order valence-electron chi connectivity index (χ4n) is 3.18. The molecule has 0 aromatic heterocycles. The second-order valence-electron chi connectivity index (χ2n) is 6.56. The van der Waals surface area contributed by atoms with Gasteiger partial charge in [-0.25, -0.2) is 0 Å². The lowest BCUT2D eigenvalue weighted by atomic mass is 9.96. The fourth-order valence-corrected chi connectivity index (χ4v) is 3.96.